The molecule has 0 saturated heterocycles. The highest BCUT2D eigenvalue weighted by molar-refractivity contribution is 5.23. The van der Waals surface area contributed by atoms with Crippen molar-refractivity contribution < 1.29 is 5.11 Å². The molecule has 3 nitrogen and oxygen atoms in total. The van der Waals surface area contributed by atoms with Gasteiger partial charge < -0.3 is 10.0 Å². The second-order valence-corrected chi connectivity index (χ2v) is 2.72. The van der Waals surface area contributed by atoms with Gasteiger partial charge in [0.25, 0.3) is 0 Å². The van der Waals surface area contributed by atoms with Crippen LogP contribution in [0.3, 0.4) is 0 Å². The Morgan fingerprint density at radius 3 is 3.08 bits per heavy atom. The third-order valence-electron chi connectivity index (χ3n) is 1.86. The van der Waals surface area contributed by atoms with Crippen LogP contribution in [0.25, 0.3) is 6.20 Å². The minimum atomic E-state index is 0.0256. The predicted octanol–water partition coefficient (Wildman–Crippen LogP) is -0.733. The standard InChI is InChI=1S/C9H10N2O/c12-7-11-5-8-3-1-2-4-9(8)10-6-11/h1-5,12H,6-7H2. The van der Waals surface area contributed by atoms with Gasteiger partial charge in [-0.1, -0.05) is 18.2 Å². The van der Waals surface area contributed by atoms with E-state index < -0.39 is 0 Å². The van der Waals surface area contributed by atoms with Gasteiger partial charge in [0.1, 0.15) is 13.4 Å². The average Bonchev–Trinajstić information content (AvgIpc) is 2.17. The Morgan fingerprint density at radius 2 is 2.25 bits per heavy atom. The monoisotopic (exact) mass is 162 g/mol. The van der Waals surface area contributed by atoms with Gasteiger partial charge >= 0.3 is 0 Å². The largest absolute Gasteiger partial charge is 0.376 e. The predicted molar refractivity (Wildman–Crippen MR) is 45.5 cm³/mol. The Kier molecular flexibility index (Phi) is 1.80. The molecular formula is C9H10N2O. The van der Waals surface area contributed by atoms with Crippen LogP contribution in [0.1, 0.15) is 0 Å². The van der Waals surface area contributed by atoms with Gasteiger partial charge in [-0.25, -0.2) is 0 Å². The fraction of sp³-hybridized carbons (Fsp3) is 0.222. The van der Waals surface area contributed by atoms with Crippen LogP contribution >= 0.6 is 0 Å². The van der Waals surface area contributed by atoms with Crippen LogP contribution in [0.4, 0.5) is 0 Å². The minimum absolute atomic E-state index is 0.0256. The molecule has 1 N–H and O–H groups in total. The molecule has 0 saturated carbocycles. The van der Waals surface area contributed by atoms with Crippen molar-refractivity contribution in [3.05, 3.63) is 34.8 Å². The number of nitrogens with zero attached hydrogens (tertiary/aromatic N) is 2. The molecule has 12 heavy (non-hydrogen) atoms. The number of aliphatic hydroxyl groups is 1. The molecular weight excluding hydrogens is 152 g/mol. The van der Waals surface area contributed by atoms with E-state index in [-0.39, 0.29) is 6.73 Å². The van der Waals surface area contributed by atoms with Crippen LogP contribution in [0.2, 0.25) is 0 Å². The Balaban J connectivity index is 2.56. The molecule has 0 aromatic heterocycles. The van der Waals surface area contributed by atoms with Gasteiger partial charge in [0.15, 0.2) is 0 Å². The summed E-state index contributed by atoms with van der Waals surface area (Å²) in [4.78, 5) is 6.03. The zero-order valence-electron chi connectivity index (χ0n) is 6.64. The maximum atomic E-state index is 8.85. The minimum Gasteiger partial charge on any atom is -0.376 e. The second-order valence-electron chi connectivity index (χ2n) is 2.72. The van der Waals surface area contributed by atoms with E-state index in [9.17, 15) is 0 Å². The number of para-hydroxylation sites is 1. The average molecular weight is 162 g/mol. The lowest BCUT2D eigenvalue weighted by atomic mass is 10.3. The summed E-state index contributed by atoms with van der Waals surface area (Å²) >= 11 is 0. The SMILES string of the molecule is OCN1C=c2ccccc2=NC1. The van der Waals surface area contributed by atoms with Gasteiger partial charge in [0.2, 0.25) is 0 Å². The molecule has 1 aliphatic rings. The van der Waals surface area contributed by atoms with Crippen LogP contribution in [-0.2, 0) is 0 Å². The molecule has 0 radical (unpaired) electrons. The first-order valence-electron chi connectivity index (χ1n) is 3.86. The molecule has 1 aromatic carbocycles. The third-order valence-corrected chi connectivity index (χ3v) is 1.86. The Bertz CT molecular complexity index is 386. The summed E-state index contributed by atoms with van der Waals surface area (Å²) in [5, 5.41) is 10.9. The summed E-state index contributed by atoms with van der Waals surface area (Å²) in [5.41, 5.74) is 0. The lowest BCUT2D eigenvalue weighted by Crippen LogP contribution is -2.35. The summed E-state index contributed by atoms with van der Waals surface area (Å²) in [6, 6.07) is 7.89. The molecule has 0 atom stereocenters. The molecule has 1 heterocycles. The lowest BCUT2D eigenvalue weighted by molar-refractivity contribution is 0.166. The number of aliphatic hydroxyl groups excluding tert-OH is 1. The van der Waals surface area contributed by atoms with Gasteiger partial charge in [-0.2, -0.15) is 0 Å². The van der Waals surface area contributed by atoms with Crippen molar-refractivity contribution in [1.29, 1.82) is 0 Å². The molecule has 0 bridgehead atoms. The van der Waals surface area contributed by atoms with Crippen molar-refractivity contribution in [2.45, 2.75) is 0 Å². The summed E-state index contributed by atoms with van der Waals surface area (Å²) in [5.74, 6) is 0. The second kappa shape index (κ2) is 2.95. The number of fused-ring (bicyclic) bond motifs is 1. The van der Waals surface area contributed by atoms with Gasteiger partial charge in [-0.3, -0.25) is 4.99 Å². The van der Waals surface area contributed by atoms with E-state index in [4.69, 9.17) is 5.11 Å². The summed E-state index contributed by atoms with van der Waals surface area (Å²) in [6.07, 6.45) is 1.92. The molecule has 0 aliphatic carbocycles. The molecule has 2 rings (SSSR count). The first-order chi connectivity index (χ1) is 5.90. The van der Waals surface area contributed by atoms with Crippen LogP contribution < -0.4 is 10.6 Å². The normalized spacial score (nSPS) is 14.6. The smallest absolute Gasteiger partial charge is 0.116 e. The van der Waals surface area contributed by atoms with E-state index in [0.29, 0.717) is 6.67 Å². The molecule has 0 fully saturated rings. The van der Waals surface area contributed by atoms with Crippen LogP contribution in [0.15, 0.2) is 29.3 Å². The highest BCUT2D eigenvalue weighted by Crippen LogP contribution is 1.89. The van der Waals surface area contributed by atoms with Crippen molar-refractivity contribution in [3.8, 4) is 0 Å². The number of rotatable bonds is 1. The van der Waals surface area contributed by atoms with E-state index in [1.54, 1.807) is 4.90 Å². The molecule has 0 spiro atoms. The molecule has 3 heteroatoms. The summed E-state index contributed by atoms with van der Waals surface area (Å²) in [7, 11) is 0. The quantitative estimate of drug-likeness (QED) is 0.591. The van der Waals surface area contributed by atoms with E-state index in [2.05, 4.69) is 4.99 Å². The van der Waals surface area contributed by atoms with E-state index in [1.165, 1.54) is 0 Å². The van der Waals surface area contributed by atoms with Crippen LogP contribution in [0.5, 0.6) is 0 Å². The maximum absolute atomic E-state index is 8.85. The van der Waals surface area contributed by atoms with Crippen molar-refractivity contribution in [3.63, 3.8) is 0 Å². The van der Waals surface area contributed by atoms with Crippen LogP contribution in [0, 0.1) is 0 Å². The zero-order valence-corrected chi connectivity index (χ0v) is 6.64. The highest BCUT2D eigenvalue weighted by atomic mass is 16.3. The molecule has 0 amide bonds. The number of hydrogen-bond acceptors (Lipinski definition) is 3. The maximum Gasteiger partial charge on any atom is 0.116 e. The van der Waals surface area contributed by atoms with Crippen molar-refractivity contribution in [2.24, 2.45) is 4.99 Å². The zero-order chi connectivity index (χ0) is 8.39. The van der Waals surface area contributed by atoms with E-state index in [1.807, 2.05) is 30.5 Å². The highest BCUT2D eigenvalue weighted by Gasteiger charge is 1.99. The van der Waals surface area contributed by atoms with Crippen molar-refractivity contribution in [2.75, 3.05) is 13.4 Å². The van der Waals surface area contributed by atoms with E-state index in [0.717, 1.165) is 10.6 Å². The lowest BCUT2D eigenvalue weighted by Gasteiger charge is -2.16. The fourth-order valence-corrected chi connectivity index (χ4v) is 1.23. The van der Waals surface area contributed by atoms with E-state index >= 15 is 0 Å². The molecule has 62 valence electrons. The van der Waals surface area contributed by atoms with Gasteiger partial charge in [-0.05, 0) is 6.07 Å². The molecule has 1 aliphatic heterocycles. The topological polar surface area (TPSA) is 35.8 Å². The fourth-order valence-electron chi connectivity index (χ4n) is 1.23. The Morgan fingerprint density at radius 1 is 1.42 bits per heavy atom. The summed E-state index contributed by atoms with van der Waals surface area (Å²) < 4.78 is 0. The first-order valence-corrected chi connectivity index (χ1v) is 3.86. The first kappa shape index (κ1) is 7.31. The van der Waals surface area contributed by atoms with Gasteiger partial charge in [0.05, 0.1) is 5.36 Å². The Hall–Kier alpha value is -1.35. The van der Waals surface area contributed by atoms with Crippen molar-refractivity contribution in [1.82, 2.24) is 4.90 Å². The van der Waals surface area contributed by atoms with Gasteiger partial charge in [-0.15, -0.1) is 0 Å². The molecule has 0 unspecified atom stereocenters. The number of benzene rings is 1. The van der Waals surface area contributed by atoms with Gasteiger partial charge in [0, 0.05) is 11.4 Å². The Labute approximate surface area is 70.3 Å². The van der Waals surface area contributed by atoms with Crippen molar-refractivity contribution >= 4 is 6.20 Å². The summed E-state index contributed by atoms with van der Waals surface area (Å²) in [6.45, 7) is 0.575. The third kappa shape index (κ3) is 1.19. The van der Waals surface area contributed by atoms with Crippen LogP contribution in [-0.4, -0.2) is 23.4 Å². The number of hydrogen-bond donors (Lipinski definition) is 1. The molecule has 1 aromatic rings.